The van der Waals surface area contributed by atoms with Crippen molar-refractivity contribution in [3.63, 3.8) is 0 Å². The largest absolute Gasteiger partial charge is 0.497 e. The predicted molar refractivity (Wildman–Crippen MR) is 83.0 cm³/mol. The summed E-state index contributed by atoms with van der Waals surface area (Å²) in [6, 6.07) is 8.09. The second-order valence-corrected chi connectivity index (χ2v) is 6.06. The van der Waals surface area contributed by atoms with Gasteiger partial charge in [-0.3, -0.25) is 4.90 Å². The molecule has 0 aliphatic carbocycles. The third kappa shape index (κ3) is 5.43. The normalized spacial score (nSPS) is 14.4. The highest BCUT2D eigenvalue weighted by atomic mass is 32.2. The first-order chi connectivity index (χ1) is 9.08. The third-order valence-corrected chi connectivity index (χ3v) is 4.38. The fourth-order valence-electron chi connectivity index (χ4n) is 1.82. The van der Waals surface area contributed by atoms with E-state index < -0.39 is 6.10 Å². The van der Waals surface area contributed by atoms with Crippen LogP contribution in [0.25, 0.3) is 0 Å². The molecule has 0 saturated heterocycles. The molecule has 1 aromatic rings. The molecule has 0 aliphatic rings. The van der Waals surface area contributed by atoms with Gasteiger partial charge in [-0.1, -0.05) is 19.1 Å². The number of methoxy groups -OCH3 is 1. The summed E-state index contributed by atoms with van der Waals surface area (Å²) in [6.45, 7) is 5.00. The van der Waals surface area contributed by atoms with Crippen LogP contribution in [0.2, 0.25) is 0 Å². The minimum absolute atomic E-state index is 0.463. The maximum Gasteiger partial charge on any atom is 0.119 e. The van der Waals surface area contributed by atoms with Gasteiger partial charge in [0, 0.05) is 18.3 Å². The molecule has 0 saturated carbocycles. The van der Waals surface area contributed by atoms with Crippen LogP contribution in [0, 0.1) is 0 Å². The smallest absolute Gasteiger partial charge is 0.119 e. The zero-order valence-corrected chi connectivity index (χ0v) is 13.1. The Balaban J connectivity index is 2.55. The van der Waals surface area contributed by atoms with Crippen molar-refractivity contribution in [1.82, 2.24) is 4.90 Å². The van der Waals surface area contributed by atoms with Crippen molar-refractivity contribution < 1.29 is 9.84 Å². The van der Waals surface area contributed by atoms with Crippen LogP contribution in [0.5, 0.6) is 5.75 Å². The van der Waals surface area contributed by atoms with Crippen LogP contribution in [-0.2, 0) is 0 Å². The third-order valence-electron chi connectivity index (χ3n) is 3.26. The highest BCUT2D eigenvalue weighted by Gasteiger charge is 2.15. The molecule has 1 aromatic carbocycles. The van der Waals surface area contributed by atoms with Crippen molar-refractivity contribution in [3.05, 3.63) is 29.8 Å². The van der Waals surface area contributed by atoms with Crippen LogP contribution < -0.4 is 4.74 Å². The minimum Gasteiger partial charge on any atom is -0.497 e. The predicted octanol–water partition coefficient (Wildman–Crippen LogP) is 2.80. The van der Waals surface area contributed by atoms with Gasteiger partial charge in [-0.2, -0.15) is 11.8 Å². The van der Waals surface area contributed by atoms with Crippen LogP contribution in [-0.4, -0.2) is 48.3 Å². The second kappa shape index (κ2) is 8.46. The number of aliphatic hydroxyl groups excluding tert-OH is 1. The van der Waals surface area contributed by atoms with Gasteiger partial charge in [0.1, 0.15) is 5.75 Å². The number of benzene rings is 1. The lowest BCUT2D eigenvalue weighted by atomic mass is 10.1. The van der Waals surface area contributed by atoms with Crippen LogP contribution in [0.15, 0.2) is 24.3 Å². The van der Waals surface area contributed by atoms with E-state index in [1.54, 1.807) is 7.11 Å². The van der Waals surface area contributed by atoms with Crippen LogP contribution in [0.4, 0.5) is 0 Å². The summed E-state index contributed by atoms with van der Waals surface area (Å²) in [5.74, 6) is 3.02. The number of aliphatic hydroxyl groups is 1. The molecule has 0 heterocycles. The molecular weight excluding hydrogens is 258 g/mol. The van der Waals surface area contributed by atoms with Crippen LogP contribution >= 0.6 is 11.8 Å². The number of rotatable bonds is 8. The van der Waals surface area contributed by atoms with Gasteiger partial charge in [0.15, 0.2) is 0 Å². The number of hydrogen-bond acceptors (Lipinski definition) is 4. The summed E-state index contributed by atoms with van der Waals surface area (Å²) >= 11 is 1.93. The molecule has 0 spiro atoms. The zero-order chi connectivity index (χ0) is 14.3. The summed E-state index contributed by atoms with van der Waals surface area (Å²) < 4.78 is 5.18. The SMILES string of the molecule is CCSCC(C)N(C)CC(O)c1cccc(OC)c1. The first-order valence-electron chi connectivity index (χ1n) is 6.68. The molecule has 19 heavy (non-hydrogen) atoms. The summed E-state index contributed by atoms with van der Waals surface area (Å²) in [7, 11) is 3.70. The number of nitrogens with zero attached hydrogens (tertiary/aromatic N) is 1. The molecule has 0 radical (unpaired) electrons. The Morgan fingerprint density at radius 3 is 2.79 bits per heavy atom. The first-order valence-corrected chi connectivity index (χ1v) is 7.84. The minimum atomic E-state index is -0.478. The standard InChI is InChI=1S/C15H25NO2S/c1-5-19-11-12(2)16(3)10-15(17)13-7-6-8-14(9-13)18-4/h6-9,12,15,17H,5,10-11H2,1-4H3. The Labute approximate surface area is 121 Å². The summed E-state index contributed by atoms with van der Waals surface area (Å²) in [6.07, 6.45) is -0.478. The van der Waals surface area contributed by atoms with E-state index in [-0.39, 0.29) is 0 Å². The maximum atomic E-state index is 10.3. The monoisotopic (exact) mass is 283 g/mol. The molecule has 2 unspecified atom stereocenters. The van der Waals surface area contributed by atoms with Gasteiger partial charge in [-0.25, -0.2) is 0 Å². The number of ether oxygens (including phenoxy) is 1. The maximum absolute atomic E-state index is 10.3. The average Bonchev–Trinajstić information content (AvgIpc) is 2.44. The molecule has 0 amide bonds. The van der Waals surface area contributed by atoms with Crippen molar-refractivity contribution in [2.24, 2.45) is 0 Å². The van der Waals surface area contributed by atoms with Crippen LogP contribution in [0.1, 0.15) is 25.5 Å². The van der Waals surface area contributed by atoms with E-state index in [0.29, 0.717) is 12.6 Å². The molecule has 0 aliphatic heterocycles. The Morgan fingerprint density at radius 2 is 2.16 bits per heavy atom. The Hall–Kier alpha value is -0.710. The second-order valence-electron chi connectivity index (χ2n) is 4.74. The van der Waals surface area contributed by atoms with E-state index in [1.807, 2.05) is 36.0 Å². The van der Waals surface area contributed by atoms with Crippen molar-refractivity contribution in [2.45, 2.75) is 26.0 Å². The molecule has 1 N–H and O–H groups in total. The Kier molecular flexibility index (Phi) is 7.28. The zero-order valence-electron chi connectivity index (χ0n) is 12.3. The Morgan fingerprint density at radius 1 is 1.42 bits per heavy atom. The molecular formula is C15H25NO2S. The van der Waals surface area contributed by atoms with Crippen molar-refractivity contribution in [3.8, 4) is 5.75 Å². The molecule has 0 bridgehead atoms. The van der Waals surface area contributed by atoms with Gasteiger partial charge in [0.25, 0.3) is 0 Å². The fraction of sp³-hybridized carbons (Fsp3) is 0.600. The lowest BCUT2D eigenvalue weighted by Gasteiger charge is -2.27. The molecule has 0 aromatic heterocycles. The number of thioether (sulfide) groups is 1. The van der Waals surface area contributed by atoms with E-state index in [2.05, 4.69) is 25.8 Å². The lowest BCUT2D eigenvalue weighted by molar-refractivity contribution is 0.113. The highest BCUT2D eigenvalue weighted by molar-refractivity contribution is 7.99. The average molecular weight is 283 g/mol. The number of hydrogen-bond donors (Lipinski definition) is 1. The van der Waals surface area contributed by atoms with Crippen molar-refractivity contribution in [1.29, 1.82) is 0 Å². The Bertz CT molecular complexity index is 373. The quantitative estimate of drug-likeness (QED) is 0.795. The lowest BCUT2D eigenvalue weighted by Crippen LogP contribution is -2.34. The van der Waals surface area contributed by atoms with Gasteiger partial charge in [0.2, 0.25) is 0 Å². The van der Waals surface area contributed by atoms with E-state index >= 15 is 0 Å². The summed E-state index contributed by atoms with van der Waals surface area (Å²) in [4.78, 5) is 2.20. The van der Waals surface area contributed by atoms with Crippen LogP contribution in [0.3, 0.4) is 0 Å². The molecule has 4 heteroatoms. The molecule has 2 atom stereocenters. The van der Waals surface area contributed by atoms with E-state index in [4.69, 9.17) is 4.74 Å². The van der Waals surface area contributed by atoms with Crippen molar-refractivity contribution >= 4 is 11.8 Å². The molecule has 0 fully saturated rings. The summed E-state index contributed by atoms with van der Waals surface area (Å²) in [5, 5.41) is 10.3. The van der Waals surface area contributed by atoms with E-state index in [0.717, 1.165) is 22.8 Å². The fourth-order valence-corrected chi connectivity index (χ4v) is 2.65. The van der Waals surface area contributed by atoms with E-state index in [9.17, 15) is 5.11 Å². The number of likely N-dealkylation sites (N-methyl/N-ethyl adjacent to an activating group) is 1. The molecule has 108 valence electrons. The van der Waals surface area contributed by atoms with Gasteiger partial charge in [0.05, 0.1) is 13.2 Å². The summed E-state index contributed by atoms with van der Waals surface area (Å²) in [5.41, 5.74) is 0.904. The van der Waals surface area contributed by atoms with Gasteiger partial charge in [-0.15, -0.1) is 0 Å². The van der Waals surface area contributed by atoms with Gasteiger partial charge >= 0.3 is 0 Å². The first kappa shape index (κ1) is 16.3. The highest BCUT2D eigenvalue weighted by Crippen LogP contribution is 2.20. The topological polar surface area (TPSA) is 32.7 Å². The molecule has 3 nitrogen and oxygen atoms in total. The molecule has 1 rings (SSSR count). The van der Waals surface area contributed by atoms with Gasteiger partial charge < -0.3 is 9.84 Å². The van der Waals surface area contributed by atoms with Crippen molar-refractivity contribution in [2.75, 3.05) is 32.2 Å². The van der Waals surface area contributed by atoms with Gasteiger partial charge in [-0.05, 0) is 37.4 Å². The van der Waals surface area contributed by atoms with E-state index in [1.165, 1.54) is 0 Å².